The molecule has 0 bridgehead atoms. The van der Waals surface area contributed by atoms with E-state index in [0.29, 0.717) is 18.1 Å². The van der Waals surface area contributed by atoms with Crippen LogP contribution in [0.3, 0.4) is 0 Å². The second-order valence-electron chi connectivity index (χ2n) is 7.71. The van der Waals surface area contributed by atoms with Crippen molar-refractivity contribution in [3.63, 3.8) is 0 Å². The van der Waals surface area contributed by atoms with Crippen molar-refractivity contribution in [3.8, 4) is 0 Å². The molecule has 5 heteroatoms. The Hall–Kier alpha value is -1.04. The van der Waals surface area contributed by atoms with Gasteiger partial charge in [-0.3, -0.25) is 9.69 Å². The van der Waals surface area contributed by atoms with E-state index in [1.165, 1.54) is 12.8 Å². The molecule has 0 radical (unpaired) electrons. The highest BCUT2D eigenvalue weighted by Crippen LogP contribution is 2.27. The molecule has 2 aliphatic rings. The molecular formula is C21H32N2O2S. The summed E-state index contributed by atoms with van der Waals surface area (Å²) in [6, 6.07) is 8.37. The molecule has 0 aliphatic carbocycles. The number of amides is 1. The monoisotopic (exact) mass is 376 g/mol. The Labute approximate surface area is 162 Å². The van der Waals surface area contributed by atoms with Crippen molar-refractivity contribution in [2.24, 2.45) is 5.92 Å². The van der Waals surface area contributed by atoms with Crippen LogP contribution < -0.4 is 5.32 Å². The van der Waals surface area contributed by atoms with Crippen molar-refractivity contribution in [1.29, 1.82) is 0 Å². The van der Waals surface area contributed by atoms with Gasteiger partial charge in [0.2, 0.25) is 0 Å². The first-order valence-electron chi connectivity index (χ1n) is 10.0. The fourth-order valence-electron chi connectivity index (χ4n) is 3.89. The molecule has 26 heavy (non-hydrogen) atoms. The van der Waals surface area contributed by atoms with Crippen LogP contribution in [0.15, 0.2) is 29.2 Å². The van der Waals surface area contributed by atoms with Crippen molar-refractivity contribution >= 4 is 17.7 Å². The molecule has 0 saturated carbocycles. The first-order valence-corrected chi connectivity index (χ1v) is 11.0. The third-order valence-electron chi connectivity index (χ3n) is 5.43. The third kappa shape index (κ3) is 5.24. The van der Waals surface area contributed by atoms with E-state index in [2.05, 4.69) is 30.1 Å². The number of likely N-dealkylation sites (tertiary alicyclic amines) is 1. The zero-order valence-corrected chi connectivity index (χ0v) is 16.9. The number of ether oxygens (including phenoxy) is 1. The summed E-state index contributed by atoms with van der Waals surface area (Å²) in [4.78, 5) is 16.4. The maximum absolute atomic E-state index is 12.8. The third-order valence-corrected chi connectivity index (χ3v) is 6.64. The molecule has 1 amide bonds. The lowest BCUT2D eigenvalue weighted by Crippen LogP contribution is -2.45. The largest absolute Gasteiger partial charge is 0.377 e. The molecule has 4 nitrogen and oxygen atoms in total. The minimum absolute atomic E-state index is 0.0466. The Morgan fingerprint density at radius 1 is 1.27 bits per heavy atom. The smallest absolute Gasteiger partial charge is 0.252 e. The first kappa shape index (κ1) is 19.7. The number of hydrogen-bond donors (Lipinski definition) is 1. The van der Waals surface area contributed by atoms with E-state index in [1.807, 2.05) is 18.2 Å². The van der Waals surface area contributed by atoms with Crippen LogP contribution in [-0.2, 0) is 4.74 Å². The number of hydrogen-bond acceptors (Lipinski definition) is 4. The van der Waals surface area contributed by atoms with Crippen LogP contribution in [0, 0.1) is 5.92 Å². The quantitative estimate of drug-likeness (QED) is 0.701. The Morgan fingerprint density at radius 2 is 2.04 bits per heavy atom. The summed E-state index contributed by atoms with van der Waals surface area (Å²) < 4.78 is 5.71. The molecule has 2 heterocycles. The lowest BCUT2D eigenvalue weighted by Gasteiger charge is -2.31. The van der Waals surface area contributed by atoms with E-state index in [-0.39, 0.29) is 5.91 Å². The van der Waals surface area contributed by atoms with E-state index in [0.717, 1.165) is 55.3 Å². The van der Waals surface area contributed by atoms with E-state index in [1.54, 1.807) is 11.8 Å². The molecule has 3 rings (SSSR count). The fourth-order valence-corrected chi connectivity index (χ4v) is 5.01. The SMILES string of the molecule is CC(C)C(CNC(=O)c1ccccc1SCC1CCCO1)N1CCCC1. The van der Waals surface area contributed by atoms with E-state index in [4.69, 9.17) is 4.74 Å². The van der Waals surface area contributed by atoms with Crippen molar-refractivity contribution in [3.05, 3.63) is 29.8 Å². The van der Waals surface area contributed by atoms with Crippen LogP contribution in [0.4, 0.5) is 0 Å². The average Bonchev–Trinajstić information content (AvgIpc) is 3.34. The Kier molecular flexibility index (Phi) is 7.41. The van der Waals surface area contributed by atoms with E-state index < -0.39 is 0 Å². The molecule has 2 aliphatic heterocycles. The molecule has 1 aromatic rings. The van der Waals surface area contributed by atoms with Gasteiger partial charge in [0.15, 0.2) is 0 Å². The van der Waals surface area contributed by atoms with Crippen molar-refractivity contribution in [1.82, 2.24) is 10.2 Å². The second kappa shape index (κ2) is 9.77. The number of carbonyl (C=O) groups is 1. The predicted molar refractivity (Wildman–Crippen MR) is 108 cm³/mol. The fraction of sp³-hybridized carbons (Fsp3) is 0.667. The van der Waals surface area contributed by atoms with Gasteiger partial charge in [-0.1, -0.05) is 26.0 Å². The normalized spacial score (nSPS) is 22.0. The summed E-state index contributed by atoms with van der Waals surface area (Å²) >= 11 is 1.74. The number of rotatable bonds is 8. The summed E-state index contributed by atoms with van der Waals surface area (Å²) in [5.74, 6) is 1.51. The van der Waals surface area contributed by atoms with E-state index in [9.17, 15) is 4.79 Å². The lowest BCUT2D eigenvalue weighted by atomic mass is 10.0. The van der Waals surface area contributed by atoms with Gasteiger partial charge in [0.25, 0.3) is 5.91 Å². The van der Waals surface area contributed by atoms with Gasteiger partial charge in [0.05, 0.1) is 11.7 Å². The molecule has 1 aromatic carbocycles. The van der Waals surface area contributed by atoms with Crippen molar-refractivity contribution in [2.45, 2.75) is 56.6 Å². The van der Waals surface area contributed by atoms with Crippen LogP contribution in [-0.4, -0.2) is 54.9 Å². The zero-order chi connectivity index (χ0) is 18.4. The van der Waals surface area contributed by atoms with Gasteiger partial charge in [-0.2, -0.15) is 0 Å². The Bertz CT molecular complexity index is 581. The van der Waals surface area contributed by atoms with Gasteiger partial charge < -0.3 is 10.1 Å². The van der Waals surface area contributed by atoms with Crippen molar-refractivity contribution < 1.29 is 9.53 Å². The topological polar surface area (TPSA) is 41.6 Å². The van der Waals surface area contributed by atoms with Crippen LogP contribution in [0.2, 0.25) is 0 Å². The number of carbonyl (C=O) groups excluding carboxylic acids is 1. The van der Waals surface area contributed by atoms with Gasteiger partial charge in [0.1, 0.15) is 0 Å². The second-order valence-corrected chi connectivity index (χ2v) is 8.77. The highest BCUT2D eigenvalue weighted by atomic mass is 32.2. The molecule has 2 atom stereocenters. The maximum Gasteiger partial charge on any atom is 0.252 e. The zero-order valence-electron chi connectivity index (χ0n) is 16.1. The summed E-state index contributed by atoms with van der Waals surface area (Å²) in [5.41, 5.74) is 0.791. The highest BCUT2D eigenvalue weighted by molar-refractivity contribution is 7.99. The minimum atomic E-state index is 0.0466. The van der Waals surface area contributed by atoms with Crippen LogP contribution in [0.25, 0.3) is 0 Å². The number of thioether (sulfide) groups is 1. The molecule has 1 N–H and O–H groups in total. The molecular weight excluding hydrogens is 344 g/mol. The van der Waals surface area contributed by atoms with Crippen LogP contribution in [0.5, 0.6) is 0 Å². The number of benzene rings is 1. The highest BCUT2D eigenvalue weighted by Gasteiger charge is 2.25. The average molecular weight is 377 g/mol. The van der Waals surface area contributed by atoms with Crippen LogP contribution >= 0.6 is 11.8 Å². The Balaban J connectivity index is 1.58. The lowest BCUT2D eigenvalue weighted by molar-refractivity contribution is 0.0924. The van der Waals surface area contributed by atoms with Gasteiger partial charge in [-0.25, -0.2) is 0 Å². The molecule has 2 unspecified atom stereocenters. The molecule has 2 saturated heterocycles. The number of nitrogens with zero attached hydrogens (tertiary/aromatic N) is 1. The molecule has 2 fully saturated rings. The minimum Gasteiger partial charge on any atom is -0.377 e. The van der Waals surface area contributed by atoms with Gasteiger partial charge >= 0.3 is 0 Å². The van der Waals surface area contributed by atoms with Gasteiger partial charge in [-0.15, -0.1) is 11.8 Å². The van der Waals surface area contributed by atoms with Crippen LogP contribution in [0.1, 0.15) is 49.9 Å². The predicted octanol–water partition coefficient (Wildman–Crippen LogP) is 3.81. The summed E-state index contributed by atoms with van der Waals surface area (Å²) in [6.07, 6.45) is 5.17. The molecule has 0 spiro atoms. The van der Waals surface area contributed by atoms with Gasteiger partial charge in [-0.05, 0) is 56.8 Å². The Morgan fingerprint density at radius 3 is 2.73 bits per heavy atom. The summed E-state index contributed by atoms with van der Waals surface area (Å²) in [5, 5.41) is 3.20. The van der Waals surface area contributed by atoms with E-state index >= 15 is 0 Å². The number of nitrogens with one attached hydrogen (secondary N) is 1. The van der Waals surface area contributed by atoms with Crippen molar-refractivity contribution in [2.75, 3.05) is 32.0 Å². The molecule has 0 aromatic heterocycles. The summed E-state index contributed by atoms with van der Waals surface area (Å²) in [7, 11) is 0. The standard InChI is InChI=1S/C21H32N2O2S/c1-16(2)19(23-11-5-6-12-23)14-22-21(24)18-9-3-4-10-20(18)26-15-17-8-7-13-25-17/h3-4,9-10,16-17,19H,5-8,11-15H2,1-2H3,(H,22,24). The molecule has 144 valence electrons. The first-order chi connectivity index (χ1) is 12.6. The maximum atomic E-state index is 12.8. The van der Waals surface area contributed by atoms with Gasteiger partial charge in [0, 0.05) is 29.8 Å². The summed E-state index contributed by atoms with van der Waals surface area (Å²) in [6.45, 7) is 8.42.